The van der Waals surface area contributed by atoms with Gasteiger partial charge < -0.3 is 0 Å². The summed E-state index contributed by atoms with van der Waals surface area (Å²) in [4.78, 5) is 9.47. The first kappa shape index (κ1) is 15.1. The molecule has 0 atom stereocenters. The third-order valence-corrected chi connectivity index (χ3v) is 6.43. The van der Waals surface area contributed by atoms with E-state index in [1.807, 2.05) is 6.33 Å². The standard InChI is InChI=1S/C22H17N4S/c1-13-7-8-17-14(11-19-24-15-5-3-4-6-18(15)26(17)19)20(13)21-22-16(9-10-27-22)23-12-25(21)2/h3-10,12H,11H2,1-2H3/q+1. The second kappa shape index (κ2) is 5.24. The summed E-state index contributed by atoms with van der Waals surface area (Å²) in [6.45, 7) is 2.20. The number of fused-ring (bicyclic) bond motifs is 6. The summed E-state index contributed by atoms with van der Waals surface area (Å²) in [5.74, 6) is 1.12. The Kier molecular flexibility index (Phi) is 2.92. The molecular weight excluding hydrogens is 352 g/mol. The van der Waals surface area contributed by atoms with Crippen LogP contribution in [0.25, 0.3) is 38.2 Å². The van der Waals surface area contributed by atoms with Gasteiger partial charge in [-0.05, 0) is 46.6 Å². The van der Waals surface area contributed by atoms with E-state index in [9.17, 15) is 0 Å². The number of imidazole rings is 1. The van der Waals surface area contributed by atoms with Crippen LogP contribution in [0.4, 0.5) is 0 Å². The summed E-state index contributed by atoms with van der Waals surface area (Å²) in [6, 6.07) is 15.0. The van der Waals surface area contributed by atoms with Gasteiger partial charge in [0.05, 0.1) is 23.8 Å². The molecule has 0 aliphatic carbocycles. The second-order valence-corrected chi connectivity index (χ2v) is 8.04. The second-order valence-electron chi connectivity index (χ2n) is 7.12. The predicted octanol–water partition coefficient (Wildman–Crippen LogP) is 4.34. The highest BCUT2D eigenvalue weighted by Crippen LogP contribution is 2.41. The molecule has 4 nitrogen and oxygen atoms in total. The highest BCUT2D eigenvalue weighted by Gasteiger charge is 2.29. The lowest BCUT2D eigenvalue weighted by Crippen LogP contribution is -2.31. The Hall–Kier alpha value is -3.05. The Balaban J connectivity index is 1.71. The lowest BCUT2D eigenvalue weighted by Gasteiger charge is -2.13. The van der Waals surface area contributed by atoms with Gasteiger partial charge in [0, 0.05) is 18.1 Å². The first-order chi connectivity index (χ1) is 13.2. The number of thiophene rings is 1. The van der Waals surface area contributed by atoms with Gasteiger partial charge in [0.25, 0.3) is 6.33 Å². The Morgan fingerprint density at radius 1 is 1.07 bits per heavy atom. The quantitative estimate of drug-likeness (QED) is 0.404. The third kappa shape index (κ3) is 1.95. The van der Waals surface area contributed by atoms with Crippen molar-refractivity contribution in [2.45, 2.75) is 13.3 Å². The predicted molar refractivity (Wildman–Crippen MR) is 108 cm³/mol. The molecule has 27 heavy (non-hydrogen) atoms. The number of hydrogen-bond acceptors (Lipinski definition) is 3. The fourth-order valence-electron chi connectivity index (χ4n) is 4.33. The molecule has 0 saturated carbocycles. The van der Waals surface area contributed by atoms with Crippen LogP contribution in [0.5, 0.6) is 0 Å². The van der Waals surface area contributed by atoms with Gasteiger partial charge in [-0.3, -0.25) is 4.57 Å². The number of rotatable bonds is 1. The van der Waals surface area contributed by atoms with E-state index in [0.717, 1.165) is 23.3 Å². The van der Waals surface area contributed by atoms with Crippen molar-refractivity contribution in [2.24, 2.45) is 7.05 Å². The monoisotopic (exact) mass is 369 g/mol. The van der Waals surface area contributed by atoms with Crippen molar-refractivity contribution >= 4 is 32.6 Å². The summed E-state index contributed by atoms with van der Waals surface area (Å²) in [5.41, 5.74) is 9.78. The molecule has 3 aromatic heterocycles. The van der Waals surface area contributed by atoms with Gasteiger partial charge in [-0.25, -0.2) is 9.55 Å². The zero-order valence-electron chi connectivity index (χ0n) is 15.1. The first-order valence-corrected chi connectivity index (χ1v) is 9.92. The summed E-state index contributed by atoms with van der Waals surface area (Å²) >= 11 is 1.76. The Morgan fingerprint density at radius 2 is 1.96 bits per heavy atom. The van der Waals surface area contributed by atoms with Crippen LogP contribution >= 0.6 is 11.3 Å². The Labute approximate surface area is 160 Å². The molecule has 1 aliphatic heterocycles. The van der Waals surface area contributed by atoms with Crippen LogP contribution in [0.15, 0.2) is 54.2 Å². The summed E-state index contributed by atoms with van der Waals surface area (Å²) in [7, 11) is 2.09. The molecule has 0 fully saturated rings. The zero-order valence-corrected chi connectivity index (χ0v) is 15.9. The molecule has 0 radical (unpaired) electrons. The molecule has 4 heterocycles. The van der Waals surface area contributed by atoms with Gasteiger partial charge in [0.2, 0.25) is 0 Å². The molecule has 2 aromatic carbocycles. The maximum atomic E-state index is 4.89. The SMILES string of the molecule is Cc1ccc2c(c1-c1c3sccc3nc[n+]1C)Cc1nc3ccccc3n1-2. The minimum Gasteiger partial charge on any atom is -0.296 e. The van der Waals surface area contributed by atoms with Crippen molar-refractivity contribution in [1.82, 2.24) is 14.5 Å². The average Bonchev–Trinajstić information content (AvgIpc) is 3.35. The molecule has 5 heteroatoms. The summed E-state index contributed by atoms with van der Waals surface area (Å²) in [5, 5.41) is 2.12. The Morgan fingerprint density at radius 3 is 2.89 bits per heavy atom. The highest BCUT2D eigenvalue weighted by atomic mass is 32.1. The lowest BCUT2D eigenvalue weighted by atomic mass is 9.95. The van der Waals surface area contributed by atoms with Crippen LogP contribution in [0.3, 0.4) is 0 Å². The van der Waals surface area contributed by atoms with E-state index in [1.54, 1.807) is 11.3 Å². The van der Waals surface area contributed by atoms with Crippen molar-refractivity contribution in [3.05, 3.63) is 71.1 Å². The van der Waals surface area contributed by atoms with E-state index < -0.39 is 0 Å². The van der Waals surface area contributed by atoms with Crippen molar-refractivity contribution < 1.29 is 4.57 Å². The minimum atomic E-state index is 0.857. The average molecular weight is 369 g/mol. The van der Waals surface area contributed by atoms with Gasteiger partial charge in [0.15, 0.2) is 11.2 Å². The first-order valence-electron chi connectivity index (χ1n) is 9.04. The van der Waals surface area contributed by atoms with Crippen molar-refractivity contribution in [3.8, 4) is 16.9 Å². The minimum absolute atomic E-state index is 0.857. The fourth-order valence-corrected chi connectivity index (χ4v) is 5.26. The van der Waals surface area contributed by atoms with E-state index in [0.29, 0.717) is 0 Å². The topological polar surface area (TPSA) is 34.6 Å². The maximum absolute atomic E-state index is 4.89. The van der Waals surface area contributed by atoms with Crippen molar-refractivity contribution in [3.63, 3.8) is 0 Å². The molecule has 0 spiro atoms. The van der Waals surface area contributed by atoms with Gasteiger partial charge in [0.1, 0.15) is 10.5 Å². The number of para-hydroxylation sites is 2. The molecule has 0 saturated heterocycles. The maximum Gasteiger partial charge on any atom is 0.287 e. The van der Waals surface area contributed by atoms with Gasteiger partial charge in [-0.15, -0.1) is 11.3 Å². The zero-order chi connectivity index (χ0) is 18.1. The van der Waals surface area contributed by atoms with Crippen LogP contribution in [0, 0.1) is 6.92 Å². The number of hydrogen-bond donors (Lipinski definition) is 0. The molecule has 0 amide bonds. The number of nitrogens with zero attached hydrogens (tertiary/aromatic N) is 4. The molecule has 130 valence electrons. The van der Waals surface area contributed by atoms with E-state index in [2.05, 4.69) is 75.9 Å². The van der Waals surface area contributed by atoms with Crippen LogP contribution in [0.1, 0.15) is 17.0 Å². The molecule has 0 bridgehead atoms. The molecular formula is C22H17N4S+. The highest BCUT2D eigenvalue weighted by molar-refractivity contribution is 7.17. The summed E-state index contributed by atoms with van der Waals surface area (Å²) in [6.07, 6.45) is 2.78. The van der Waals surface area contributed by atoms with Crippen LogP contribution in [0.2, 0.25) is 0 Å². The van der Waals surface area contributed by atoms with Gasteiger partial charge in [-0.1, -0.05) is 18.2 Å². The van der Waals surface area contributed by atoms with Gasteiger partial charge >= 0.3 is 0 Å². The molecule has 0 unspecified atom stereocenters. The number of aryl methyl sites for hydroxylation is 2. The van der Waals surface area contributed by atoms with Crippen LogP contribution in [-0.2, 0) is 13.5 Å². The fraction of sp³-hybridized carbons (Fsp3) is 0.136. The third-order valence-electron chi connectivity index (χ3n) is 5.52. The molecule has 5 aromatic rings. The molecule has 1 aliphatic rings. The van der Waals surface area contributed by atoms with Crippen molar-refractivity contribution in [1.29, 1.82) is 0 Å². The molecule has 0 N–H and O–H groups in total. The van der Waals surface area contributed by atoms with E-state index in [-0.39, 0.29) is 0 Å². The van der Waals surface area contributed by atoms with Gasteiger partial charge in [-0.2, -0.15) is 0 Å². The van der Waals surface area contributed by atoms with Crippen LogP contribution in [-0.4, -0.2) is 14.5 Å². The largest absolute Gasteiger partial charge is 0.296 e. The Bertz CT molecular complexity index is 1380. The van der Waals surface area contributed by atoms with E-state index in [1.165, 1.54) is 38.3 Å². The van der Waals surface area contributed by atoms with E-state index in [4.69, 9.17) is 4.98 Å². The molecule has 6 rings (SSSR count). The van der Waals surface area contributed by atoms with Crippen molar-refractivity contribution in [2.75, 3.05) is 0 Å². The van der Waals surface area contributed by atoms with E-state index >= 15 is 0 Å². The number of aromatic nitrogens is 4. The summed E-state index contributed by atoms with van der Waals surface area (Å²) < 4.78 is 5.71. The smallest absolute Gasteiger partial charge is 0.287 e. The van der Waals surface area contributed by atoms with Crippen LogP contribution < -0.4 is 4.57 Å². The number of benzene rings is 2. The lowest BCUT2D eigenvalue weighted by molar-refractivity contribution is -0.662. The normalized spacial score (nSPS) is 12.7.